The number of hydrogen-bond acceptors (Lipinski definition) is 1. The summed E-state index contributed by atoms with van der Waals surface area (Å²) in [5, 5.41) is 0. The molecule has 0 amide bonds. The van der Waals surface area contributed by atoms with Crippen molar-refractivity contribution < 1.29 is 4.79 Å². The summed E-state index contributed by atoms with van der Waals surface area (Å²) in [6.07, 6.45) is 11.8. The Bertz CT molecular complexity index is 326. The fraction of sp³-hybridized carbons (Fsp3) is 0.588. The maximum atomic E-state index is 11.5. The summed E-state index contributed by atoms with van der Waals surface area (Å²) >= 11 is 0. The topological polar surface area (TPSA) is 17.1 Å². The zero-order chi connectivity index (χ0) is 14.0. The molecule has 0 bridgehead atoms. The van der Waals surface area contributed by atoms with E-state index < -0.39 is 0 Å². The first-order valence-corrected chi connectivity index (χ1v) is 6.92. The Morgan fingerprint density at radius 1 is 1.00 bits per heavy atom. The lowest BCUT2D eigenvalue weighted by atomic mass is 10.1. The Balaban J connectivity index is 3.87. The molecule has 0 rings (SSSR count). The molecule has 18 heavy (non-hydrogen) atoms. The van der Waals surface area contributed by atoms with Gasteiger partial charge in [-0.1, -0.05) is 43.2 Å². The molecule has 102 valence electrons. The lowest BCUT2D eigenvalue weighted by Gasteiger charge is -1.99. The summed E-state index contributed by atoms with van der Waals surface area (Å²) in [6.45, 7) is 10.6. The third-order valence-electron chi connectivity index (χ3n) is 2.64. The lowest BCUT2D eigenvalue weighted by molar-refractivity contribution is -0.114. The monoisotopic (exact) mass is 248 g/mol. The van der Waals surface area contributed by atoms with E-state index in [1.807, 2.05) is 6.08 Å². The highest BCUT2D eigenvalue weighted by molar-refractivity contribution is 5.89. The molecule has 0 radical (unpaired) electrons. The summed E-state index contributed by atoms with van der Waals surface area (Å²) in [5.74, 6) is 0.687. The first-order valence-electron chi connectivity index (χ1n) is 6.92. The molecule has 0 N–H and O–H groups in total. The molecule has 0 aromatic rings. The molecular weight excluding hydrogens is 220 g/mol. The van der Waals surface area contributed by atoms with Gasteiger partial charge >= 0.3 is 0 Å². The van der Waals surface area contributed by atoms with E-state index in [2.05, 4.69) is 46.8 Å². The Morgan fingerprint density at radius 2 is 1.61 bits per heavy atom. The van der Waals surface area contributed by atoms with Crippen molar-refractivity contribution in [3.63, 3.8) is 0 Å². The van der Waals surface area contributed by atoms with Gasteiger partial charge in [-0.15, -0.1) is 0 Å². The molecule has 0 aliphatic heterocycles. The average Bonchev–Trinajstić information content (AvgIpc) is 2.25. The normalized spacial score (nSPS) is 12.2. The van der Waals surface area contributed by atoms with Crippen LogP contribution in [0.2, 0.25) is 0 Å². The highest BCUT2D eigenvalue weighted by Crippen LogP contribution is 2.09. The van der Waals surface area contributed by atoms with Gasteiger partial charge in [0.05, 0.1) is 0 Å². The first-order chi connectivity index (χ1) is 8.41. The number of hydrogen-bond donors (Lipinski definition) is 0. The van der Waals surface area contributed by atoms with Gasteiger partial charge in [0.2, 0.25) is 0 Å². The van der Waals surface area contributed by atoms with Crippen molar-refractivity contribution in [1.29, 1.82) is 0 Å². The van der Waals surface area contributed by atoms with Gasteiger partial charge < -0.3 is 0 Å². The molecule has 0 aromatic heterocycles. The van der Waals surface area contributed by atoms with Crippen LogP contribution in [-0.4, -0.2) is 5.78 Å². The summed E-state index contributed by atoms with van der Waals surface area (Å²) < 4.78 is 0. The molecule has 1 nitrogen and oxygen atoms in total. The predicted molar refractivity (Wildman–Crippen MR) is 80.6 cm³/mol. The SMILES string of the molecule is CC(C)=CCCC(C)=CCCC(=O)C=CC(C)C. The Hall–Kier alpha value is -1.11. The fourth-order valence-corrected chi connectivity index (χ4v) is 1.53. The summed E-state index contributed by atoms with van der Waals surface area (Å²) in [6, 6.07) is 0. The van der Waals surface area contributed by atoms with Crippen LogP contribution in [0.4, 0.5) is 0 Å². The summed E-state index contributed by atoms with van der Waals surface area (Å²) in [5.41, 5.74) is 2.75. The van der Waals surface area contributed by atoms with Crippen molar-refractivity contribution in [3.05, 3.63) is 35.5 Å². The molecule has 0 atom stereocenters. The largest absolute Gasteiger partial charge is 0.295 e. The van der Waals surface area contributed by atoms with Crippen LogP contribution in [0.5, 0.6) is 0 Å². The quantitative estimate of drug-likeness (QED) is 0.424. The van der Waals surface area contributed by atoms with Crippen LogP contribution in [0.3, 0.4) is 0 Å². The van der Waals surface area contributed by atoms with Gasteiger partial charge in [-0.2, -0.15) is 0 Å². The van der Waals surface area contributed by atoms with Gasteiger partial charge in [0.15, 0.2) is 5.78 Å². The van der Waals surface area contributed by atoms with Gasteiger partial charge in [0.25, 0.3) is 0 Å². The summed E-state index contributed by atoms with van der Waals surface area (Å²) in [4.78, 5) is 11.5. The second-order valence-corrected chi connectivity index (χ2v) is 5.48. The van der Waals surface area contributed by atoms with E-state index in [0.717, 1.165) is 19.3 Å². The standard InChI is InChI=1S/C17H28O/c1-14(2)8-6-9-16(5)10-7-11-17(18)13-12-15(3)4/h8,10,12-13,15H,6-7,9,11H2,1-5H3. The van der Waals surface area contributed by atoms with Crippen LogP contribution in [-0.2, 0) is 4.79 Å². The van der Waals surface area contributed by atoms with E-state index in [9.17, 15) is 4.79 Å². The van der Waals surface area contributed by atoms with Gasteiger partial charge in [-0.05, 0) is 52.0 Å². The minimum absolute atomic E-state index is 0.233. The number of allylic oxidation sites excluding steroid dienone is 6. The predicted octanol–water partition coefficient (Wildman–Crippen LogP) is 5.24. The van der Waals surface area contributed by atoms with Crippen LogP contribution in [0.25, 0.3) is 0 Å². The first kappa shape index (κ1) is 16.9. The number of carbonyl (C=O) groups excluding carboxylic acids is 1. The maximum Gasteiger partial charge on any atom is 0.155 e. The van der Waals surface area contributed by atoms with E-state index in [-0.39, 0.29) is 5.78 Å². The van der Waals surface area contributed by atoms with Crippen LogP contribution in [0.15, 0.2) is 35.5 Å². The molecule has 0 aliphatic carbocycles. The van der Waals surface area contributed by atoms with Crippen molar-refractivity contribution in [2.45, 2.75) is 60.3 Å². The molecule has 0 aliphatic rings. The van der Waals surface area contributed by atoms with Gasteiger partial charge in [-0.25, -0.2) is 0 Å². The zero-order valence-electron chi connectivity index (χ0n) is 12.6. The molecular formula is C17H28O. The van der Waals surface area contributed by atoms with E-state index in [4.69, 9.17) is 0 Å². The second kappa shape index (κ2) is 9.87. The van der Waals surface area contributed by atoms with Crippen LogP contribution < -0.4 is 0 Å². The molecule has 0 saturated heterocycles. The molecule has 0 heterocycles. The van der Waals surface area contributed by atoms with Gasteiger partial charge in [0.1, 0.15) is 0 Å². The van der Waals surface area contributed by atoms with E-state index in [1.165, 1.54) is 11.1 Å². The van der Waals surface area contributed by atoms with E-state index in [1.54, 1.807) is 6.08 Å². The Kier molecular flexibility index (Phi) is 9.26. The summed E-state index contributed by atoms with van der Waals surface area (Å²) in [7, 11) is 0. The maximum absolute atomic E-state index is 11.5. The Morgan fingerprint density at radius 3 is 2.17 bits per heavy atom. The zero-order valence-corrected chi connectivity index (χ0v) is 12.6. The minimum atomic E-state index is 0.233. The van der Waals surface area contributed by atoms with E-state index >= 15 is 0 Å². The van der Waals surface area contributed by atoms with Crippen LogP contribution in [0, 0.1) is 5.92 Å². The van der Waals surface area contributed by atoms with Crippen molar-refractivity contribution >= 4 is 5.78 Å². The highest BCUT2D eigenvalue weighted by atomic mass is 16.1. The van der Waals surface area contributed by atoms with Crippen molar-refractivity contribution in [2.75, 3.05) is 0 Å². The van der Waals surface area contributed by atoms with Crippen LogP contribution in [0.1, 0.15) is 60.3 Å². The molecule has 0 saturated carbocycles. The van der Waals surface area contributed by atoms with Crippen molar-refractivity contribution in [2.24, 2.45) is 5.92 Å². The molecule has 0 aromatic carbocycles. The molecule has 0 spiro atoms. The smallest absolute Gasteiger partial charge is 0.155 e. The van der Waals surface area contributed by atoms with Gasteiger partial charge in [0, 0.05) is 6.42 Å². The third-order valence-corrected chi connectivity index (χ3v) is 2.64. The molecule has 0 unspecified atom stereocenters. The number of rotatable bonds is 8. The van der Waals surface area contributed by atoms with Crippen molar-refractivity contribution in [3.8, 4) is 0 Å². The average molecular weight is 248 g/mol. The number of carbonyl (C=O) groups is 1. The molecule has 1 heteroatoms. The lowest BCUT2D eigenvalue weighted by Crippen LogP contribution is -1.92. The van der Waals surface area contributed by atoms with Gasteiger partial charge in [-0.3, -0.25) is 4.79 Å². The van der Waals surface area contributed by atoms with E-state index in [0.29, 0.717) is 12.3 Å². The second-order valence-electron chi connectivity index (χ2n) is 5.48. The fourth-order valence-electron chi connectivity index (χ4n) is 1.53. The third kappa shape index (κ3) is 11.4. The minimum Gasteiger partial charge on any atom is -0.295 e. The number of ketones is 1. The molecule has 0 fully saturated rings. The highest BCUT2D eigenvalue weighted by Gasteiger charge is 1.96. The van der Waals surface area contributed by atoms with Crippen LogP contribution >= 0.6 is 0 Å². The Labute approximate surface area is 113 Å². The van der Waals surface area contributed by atoms with Crippen molar-refractivity contribution in [1.82, 2.24) is 0 Å².